The first-order chi connectivity index (χ1) is 7.46. The number of halogens is 1. The SMILES string of the molecule is CC1(C)CCCCC1(N)c1ccc(Cl)cc1. The van der Waals surface area contributed by atoms with Gasteiger partial charge in [-0.3, -0.25) is 0 Å². The highest BCUT2D eigenvalue weighted by Crippen LogP contribution is 2.48. The lowest BCUT2D eigenvalue weighted by molar-refractivity contribution is 0.0979. The Morgan fingerprint density at radius 3 is 2.19 bits per heavy atom. The lowest BCUT2D eigenvalue weighted by Crippen LogP contribution is -2.51. The Labute approximate surface area is 103 Å². The number of rotatable bonds is 1. The Hall–Kier alpha value is -0.530. The van der Waals surface area contributed by atoms with Gasteiger partial charge in [-0.05, 0) is 36.0 Å². The maximum Gasteiger partial charge on any atom is 0.0461 e. The maximum absolute atomic E-state index is 6.67. The number of nitrogens with two attached hydrogens (primary N) is 1. The van der Waals surface area contributed by atoms with Crippen LogP contribution >= 0.6 is 11.6 Å². The molecule has 1 aliphatic rings. The molecule has 1 aromatic rings. The minimum Gasteiger partial charge on any atom is -0.321 e. The van der Waals surface area contributed by atoms with Crippen molar-refractivity contribution in [1.82, 2.24) is 0 Å². The summed E-state index contributed by atoms with van der Waals surface area (Å²) in [4.78, 5) is 0. The van der Waals surface area contributed by atoms with Crippen molar-refractivity contribution in [1.29, 1.82) is 0 Å². The van der Waals surface area contributed by atoms with Crippen molar-refractivity contribution in [2.75, 3.05) is 0 Å². The molecule has 0 spiro atoms. The molecular weight excluding hydrogens is 218 g/mol. The maximum atomic E-state index is 6.67. The van der Waals surface area contributed by atoms with Crippen molar-refractivity contribution in [2.45, 2.75) is 45.1 Å². The molecule has 2 N–H and O–H groups in total. The van der Waals surface area contributed by atoms with E-state index in [1.165, 1.54) is 24.8 Å². The van der Waals surface area contributed by atoms with E-state index in [9.17, 15) is 0 Å². The van der Waals surface area contributed by atoms with E-state index in [1.54, 1.807) is 0 Å². The molecule has 2 heteroatoms. The third-order valence-electron chi connectivity index (χ3n) is 4.19. The first-order valence-corrected chi connectivity index (χ1v) is 6.38. The van der Waals surface area contributed by atoms with Crippen LogP contribution in [0.1, 0.15) is 45.1 Å². The van der Waals surface area contributed by atoms with E-state index in [2.05, 4.69) is 26.0 Å². The van der Waals surface area contributed by atoms with E-state index >= 15 is 0 Å². The highest BCUT2D eigenvalue weighted by Gasteiger charge is 2.44. The van der Waals surface area contributed by atoms with Gasteiger partial charge in [-0.15, -0.1) is 0 Å². The van der Waals surface area contributed by atoms with Crippen LogP contribution in [0.15, 0.2) is 24.3 Å². The molecule has 0 aliphatic heterocycles. The molecule has 0 aromatic heterocycles. The number of benzene rings is 1. The average molecular weight is 238 g/mol. The topological polar surface area (TPSA) is 26.0 Å². The first kappa shape index (κ1) is 11.9. The summed E-state index contributed by atoms with van der Waals surface area (Å²) in [5.41, 5.74) is 7.86. The molecule has 16 heavy (non-hydrogen) atoms. The second-order valence-corrected chi connectivity index (χ2v) is 6.01. The second-order valence-electron chi connectivity index (χ2n) is 5.57. The van der Waals surface area contributed by atoms with Crippen LogP contribution in [0.25, 0.3) is 0 Å². The summed E-state index contributed by atoms with van der Waals surface area (Å²) in [7, 11) is 0. The Morgan fingerprint density at radius 2 is 1.62 bits per heavy atom. The first-order valence-electron chi connectivity index (χ1n) is 6.01. The van der Waals surface area contributed by atoms with E-state index in [0.717, 1.165) is 11.4 Å². The molecule has 0 heterocycles. The largest absolute Gasteiger partial charge is 0.321 e. The van der Waals surface area contributed by atoms with Crippen molar-refractivity contribution in [3.8, 4) is 0 Å². The van der Waals surface area contributed by atoms with E-state index in [1.807, 2.05) is 12.1 Å². The van der Waals surface area contributed by atoms with Gasteiger partial charge in [0.25, 0.3) is 0 Å². The highest BCUT2D eigenvalue weighted by atomic mass is 35.5. The Balaban J connectivity index is 2.39. The molecule has 0 radical (unpaired) electrons. The van der Waals surface area contributed by atoms with E-state index < -0.39 is 0 Å². The fourth-order valence-electron chi connectivity index (χ4n) is 2.81. The van der Waals surface area contributed by atoms with Crippen LogP contribution in [-0.4, -0.2) is 0 Å². The monoisotopic (exact) mass is 237 g/mol. The standard InChI is InChI=1S/C14H20ClN/c1-13(2)9-3-4-10-14(13,16)11-5-7-12(15)8-6-11/h5-8H,3-4,9-10,16H2,1-2H3. The molecule has 1 fully saturated rings. The Morgan fingerprint density at radius 1 is 1.06 bits per heavy atom. The lowest BCUT2D eigenvalue weighted by atomic mass is 9.61. The minimum atomic E-state index is -0.199. The van der Waals surface area contributed by atoms with E-state index in [0.29, 0.717) is 0 Å². The van der Waals surface area contributed by atoms with E-state index in [-0.39, 0.29) is 11.0 Å². The summed E-state index contributed by atoms with van der Waals surface area (Å²) in [6, 6.07) is 8.04. The van der Waals surface area contributed by atoms with E-state index in [4.69, 9.17) is 17.3 Å². The summed E-state index contributed by atoms with van der Waals surface area (Å²) >= 11 is 5.93. The van der Waals surface area contributed by atoms with Crippen molar-refractivity contribution in [3.05, 3.63) is 34.9 Å². The van der Waals surface area contributed by atoms with Crippen LogP contribution < -0.4 is 5.73 Å². The Bertz CT molecular complexity index is 369. The summed E-state index contributed by atoms with van der Waals surface area (Å²) < 4.78 is 0. The van der Waals surface area contributed by atoms with Gasteiger partial charge >= 0.3 is 0 Å². The normalized spacial score (nSPS) is 29.0. The molecule has 0 bridgehead atoms. The zero-order valence-corrected chi connectivity index (χ0v) is 10.8. The van der Waals surface area contributed by atoms with Crippen LogP contribution in [0.3, 0.4) is 0 Å². The minimum absolute atomic E-state index is 0.166. The van der Waals surface area contributed by atoms with Crippen molar-refractivity contribution >= 4 is 11.6 Å². The average Bonchev–Trinajstić information content (AvgIpc) is 2.23. The lowest BCUT2D eigenvalue weighted by Gasteiger charge is -2.48. The summed E-state index contributed by atoms with van der Waals surface area (Å²) in [6.07, 6.45) is 4.79. The third kappa shape index (κ3) is 1.87. The van der Waals surface area contributed by atoms with Gasteiger partial charge in [0, 0.05) is 10.6 Å². The molecule has 1 unspecified atom stereocenters. The van der Waals surface area contributed by atoms with Crippen molar-refractivity contribution < 1.29 is 0 Å². The molecule has 1 aliphatic carbocycles. The zero-order chi connectivity index (χ0) is 11.8. The van der Waals surface area contributed by atoms with Crippen LogP contribution in [-0.2, 0) is 5.54 Å². The van der Waals surface area contributed by atoms with Crippen molar-refractivity contribution in [2.24, 2.45) is 11.1 Å². The Kier molecular flexibility index (Phi) is 3.02. The van der Waals surface area contributed by atoms with Gasteiger partial charge < -0.3 is 5.73 Å². The summed E-state index contributed by atoms with van der Waals surface area (Å²) in [6.45, 7) is 4.56. The predicted molar refractivity (Wildman–Crippen MR) is 69.6 cm³/mol. The van der Waals surface area contributed by atoms with Crippen LogP contribution in [0.5, 0.6) is 0 Å². The van der Waals surface area contributed by atoms with Crippen LogP contribution in [0, 0.1) is 5.41 Å². The van der Waals surface area contributed by atoms with Gasteiger partial charge in [-0.2, -0.15) is 0 Å². The van der Waals surface area contributed by atoms with Gasteiger partial charge in [-0.25, -0.2) is 0 Å². The highest BCUT2D eigenvalue weighted by molar-refractivity contribution is 6.30. The molecular formula is C14H20ClN. The number of hydrogen-bond donors (Lipinski definition) is 1. The van der Waals surface area contributed by atoms with Crippen LogP contribution in [0.4, 0.5) is 0 Å². The van der Waals surface area contributed by atoms with Crippen molar-refractivity contribution in [3.63, 3.8) is 0 Å². The molecule has 1 saturated carbocycles. The zero-order valence-electron chi connectivity index (χ0n) is 10.1. The fourth-order valence-corrected chi connectivity index (χ4v) is 2.94. The smallest absolute Gasteiger partial charge is 0.0461 e. The van der Waals surface area contributed by atoms with Crippen LogP contribution in [0.2, 0.25) is 5.02 Å². The quantitative estimate of drug-likeness (QED) is 0.782. The molecule has 0 amide bonds. The van der Waals surface area contributed by atoms with Gasteiger partial charge in [0.1, 0.15) is 0 Å². The van der Waals surface area contributed by atoms with Gasteiger partial charge in [0.15, 0.2) is 0 Å². The molecule has 1 nitrogen and oxygen atoms in total. The molecule has 2 rings (SSSR count). The predicted octanol–water partition coefficient (Wildman–Crippen LogP) is 4.09. The van der Waals surface area contributed by atoms with Gasteiger partial charge in [-0.1, -0.05) is 50.4 Å². The van der Waals surface area contributed by atoms with Gasteiger partial charge in [0.05, 0.1) is 0 Å². The molecule has 88 valence electrons. The number of hydrogen-bond acceptors (Lipinski definition) is 1. The summed E-state index contributed by atoms with van der Waals surface area (Å²) in [5, 5.41) is 0.779. The third-order valence-corrected chi connectivity index (χ3v) is 4.44. The summed E-state index contributed by atoms with van der Waals surface area (Å²) in [5.74, 6) is 0. The molecule has 0 saturated heterocycles. The molecule has 1 atom stereocenters. The molecule has 1 aromatic carbocycles. The second kappa shape index (κ2) is 4.05. The fraction of sp³-hybridized carbons (Fsp3) is 0.571. The van der Waals surface area contributed by atoms with Gasteiger partial charge in [0.2, 0.25) is 0 Å².